The SMILES string of the molecule is O=C1CCCN(C2COC2)C1. The molecule has 0 unspecified atom stereocenters. The van der Waals surface area contributed by atoms with Gasteiger partial charge in [-0.2, -0.15) is 0 Å². The third-order valence-electron chi connectivity index (χ3n) is 2.42. The summed E-state index contributed by atoms with van der Waals surface area (Å²) in [5, 5.41) is 0. The number of hydrogen-bond donors (Lipinski definition) is 0. The van der Waals surface area contributed by atoms with Gasteiger partial charge in [0.1, 0.15) is 5.78 Å². The van der Waals surface area contributed by atoms with Crippen LogP contribution in [0.1, 0.15) is 12.8 Å². The lowest BCUT2D eigenvalue weighted by Gasteiger charge is -2.38. The fourth-order valence-corrected chi connectivity index (χ4v) is 1.61. The van der Waals surface area contributed by atoms with Crippen LogP contribution in [0.5, 0.6) is 0 Å². The molecular weight excluding hydrogens is 142 g/mol. The van der Waals surface area contributed by atoms with Crippen molar-refractivity contribution < 1.29 is 9.53 Å². The normalized spacial score (nSPS) is 28.5. The highest BCUT2D eigenvalue weighted by atomic mass is 16.5. The summed E-state index contributed by atoms with van der Waals surface area (Å²) in [6.07, 6.45) is 1.82. The van der Waals surface area contributed by atoms with Gasteiger partial charge in [-0.1, -0.05) is 0 Å². The van der Waals surface area contributed by atoms with Crippen molar-refractivity contribution in [3.05, 3.63) is 0 Å². The van der Waals surface area contributed by atoms with Crippen LogP contribution < -0.4 is 0 Å². The van der Waals surface area contributed by atoms with E-state index in [4.69, 9.17) is 4.74 Å². The highest BCUT2D eigenvalue weighted by molar-refractivity contribution is 5.81. The molecule has 2 heterocycles. The summed E-state index contributed by atoms with van der Waals surface area (Å²) in [5.41, 5.74) is 0. The highest BCUT2D eigenvalue weighted by Gasteiger charge is 2.29. The molecule has 0 atom stereocenters. The molecule has 2 fully saturated rings. The average Bonchev–Trinajstić information content (AvgIpc) is 1.83. The maximum absolute atomic E-state index is 11.0. The predicted molar refractivity (Wildman–Crippen MR) is 40.4 cm³/mol. The topological polar surface area (TPSA) is 29.5 Å². The van der Waals surface area contributed by atoms with Gasteiger partial charge in [-0.3, -0.25) is 9.69 Å². The Kier molecular flexibility index (Phi) is 1.92. The molecule has 2 saturated heterocycles. The van der Waals surface area contributed by atoms with E-state index >= 15 is 0 Å². The Morgan fingerprint density at radius 3 is 2.82 bits per heavy atom. The van der Waals surface area contributed by atoms with Crippen LogP contribution in [0.2, 0.25) is 0 Å². The zero-order valence-corrected chi connectivity index (χ0v) is 6.58. The molecule has 0 aromatic heterocycles. The zero-order valence-electron chi connectivity index (χ0n) is 6.58. The first-order chi connectivity index (χ1) is 5.36. The summed E-state index contributed by atoms with van der Waals surface area (Å²) in [5.74, 6) is 0.392. The first-order valence-corrected chi connectivity index (χ1v) is 4.20. The monoisotopic (exact) mass is 155 g/mol. The van der Waals surface area contributed by atoms with E-state index in [2.05, 4.69) is 4.90 Å². The summed E-state index contributed by atoms with van der Waals surface area (Å²) < 4.78 is 5.07. The van der Waals surface area contributed by atoms with Crippen molar-refractivity contribution in [2.24, 2.45) is 0 Å². The number of likely N-dealkylation sites (tertiary alicyclic amines) is 1. The lowest BCUT2D eigenvalue weighted by molar-refractivity contribution is -0.128. The van der Waals surface area contributed by atoms with Crippen LogP contribution in [-0.4, -0.2) is 43.0 Å². The van der Waals surface area contributed by atoms with Crippen molar-refractivity contribution in [3.63, 3.8) is 0 Å². The number of rotatable bonds is 1. The predicted octanol–water partition coefficient (Wildman–Crippen LogP) is 0.0501. The van der Waals surface area contributed by atoms with Crippen molar-refractivity contribution in [3.8, 4) is 0 Å². The van der Waals surface area contributed by atoms with Gasteiger partial charge < -0.3 is 4.74 Å². The van der Waals surface area contributed by atoms with Crippen LogP contribution in [0.4, 0.5) is 0 Å². The molecule has 3 heteroatoms. The number of Topliss-reactive ketones (excluding diaryl/α,β-unsaturated/α-hetero) is 1. The molecule has 0 N–H and O–H groups in total. The molecule has 0 bridgehead atoms. The molecule has 0 radical (unpaired) electrons. The third-order valence-corrected chi connectivity index (χ3v) is 2.42. The lowest BCUT2D eigenvalue weighted by atomic mass is 10.1. The van der Waals surface area contributed by atoms with Gasteiger partial charge in [0, 0.05) is 6.42 Å². The molecule has 0 amide bonds. The van der Waals surface area contributed by atoms with Crippen molar-refractivity contribution in [1.82, 2.24) is 4.90 Å². The van der Waals surface area contributed by atoms with E-state index in [9.17, 15) is 4.79 Å². The minimum atomic E-state index is 0.392. The number of piperidine rings is 1. The van der Waals surface area contributed by atoms with Crippen LogP contribution in [0, 0.1) is 0 Å². The van der Waals surface area contributed by atoms with E-state index in [1.54, 1.807) is 0 Å². The Morgan fingerprint density at radius 2 is 2.27 bits per heavy atom. The van der Waals surface area contributed by atoms with Gasteiger partial charge in [-0.25, -0.2) is 0 Å². The first-order valence-electron chi connectivity index (χ1n) is 4.20. The molecule has 11 heavy (non-hydrogen) atoms. The van der Waals surface area contributed by atoms with Crippen LogP contribution in [-0.2, 0) is 9.53 Å². The fourth-order valence-electron chi connectivity index (χ4n) is 1.61. The minimum absolute atomic E-state index is 0.392. The van der Waals surface area contributed by atoms with Gasteiger partial charge >= 0.3 is 0 Å². The molecule has 2 rings (SSSR count). The molecule has 2 aliphatic heterocycles. The average molecular weight is 155 g/mol. The van der Waals surface area contributed by atoms with E-state index in [1.165, 1.54) is 0 Å². The van der Waals surface area contributed by atoms with Crippen LogP contribution >= 0.6 is 0 Å². The third kappa shape index (κ3) is 1.44. The lowest BCUT2D eigenvalue weighted by Crippen LogP contribution is -2.52. The molecule has 0 aliphatic carbocycles. The summed E-state index contributed by atoms with van der Waals surface area (Å²) in [4.78, 5) is 13.3. The molecule has 0 aromatic rings. The van der Waals surface area contributed by atoms with E-state index < -0.39 is 0 Å². The van der Waals surface area contributed by atoms with E-state index in [-0.39, 0.29) is 0 Å². The van der Waals surface area contributed by atoms with Gasteiger partial charge in [-0.05, 0) is 13.0 Å². The van der Waals surface area contributed by atoms with Crippen LogP contribution in [0.15, 0.2) is 0 Å². The number of ketones is 1. The Morgan fingerprint density at radius 1 is 1.45 bits per heavy atom. The second-order valence-corrected chi connectivity index (χ2v) is 3.30. The standard InChI is InChI=1S/C8H13NO2/c10-8-2-1-3-9(4-8)7-5-11-6-7/h7H,1-6H2. The Balaban J connectivity index is 1.87. The highest BCUT2D eigenvalue weighted by Crippen LogP contribution is 2.15. The maximum Gasteiger partial charge on any atom is 0.146 e. The fraction of sp³-hybridized carbons (Fsp3) is 0.875. The summed E-state index contributed by atoms with van der Waals surface area (Å²) >= 11 is 0. The van der Waals surface area contributed by atoms with Gasteiger partial charge in [0.15, 0.2) is 0 Å². The van der Waals surface area contributed by atoms with Crippen molar-refractivity contribution >= 4 is 5.78 Å². The van der Waals surface area contributed by atoms with Gasteiger partial charge in [0.25, 0.3) is 0 Å². The smallest absolute Gasteiger partial charge is 0.146 e. The summed E-state index contributed by atoms with van der Waals surface area (Å²) in [6, 6.07) is 0.541. The van der Waals surface area contributed by atoms with Crippen LogP contribution in [0.25, 0.3) is 0 Å². The molecule has 0 aromatic carbocycles. The van der Waals surface area contributed by atoms with Gasteiger partial charge in [0.05, 0.1) is 25.8 Å². The molecule has 2 aliphatic rings. The number of hydrogen-bond acceptors (Lipinski definition) is 3. The van der Waals surface area contributed by atoms with Crippen molar-refractivity contribution in [2.75, 3.05) is 26.3 Å². The number of carbonyl (C=O) groups is 1. The van der Waals surface area contributed by atoms with Crippen LogP contribution in [0.3, 0.4) is 0 Å². The van der Waals surface area contributed by atoms with E-state index in [1.807, 2.05) is 0 Å². The largest absolute Gasteiger partial charge is 0.378 e. The Hall–Kier alpha value is -0.410. The summed E-state index contributed by atoms with van der Waals surface area (Å²) in [6.45, 7) is 3.40. The van der Waals surface area contributed by atoms with E-state index in [0.717, 1.165) is 32.6 Å². The van der Waals surface area contributed by atoms with Crippen molar-refractivity contribution in [2.45, 2.75) is 18.9 Å². The Bertz CT molecular complexity index is 165. The minimum Gasteiger partial charge on any atom is -0.378 e. The number of ether oxygens (including phenoxy) is 1. The van der Waals surface area contributed by atoms with Gasteiger partial charge in [0.2, 0.25) is 0 Å². The van der Waals surface area contributed by atoms with E-state index in [0.29, 0.717) is 18.4 Å². The van der Waals surface area contributed by atoms with Crippen molar-refractivity contribution in [1.29, 1.82) is 0 Å². The zero-order chi connectivity index (χ0) is 7.68. The second-order valence-electron chi connectivity index (χ2n) is 3.30. The molecule has 62 valence electrons. The molecular formula is C8H13NO2. The number of carbonyl (C=O) groups excluding carboxylic acids is 1. The van der Waals surface area contributed by atoms with Gasteiger partial charge in [-0.15, -0.1) is 0 Å². The second kappa shape index (κ2) is 2.91. The molecule has 3 nitrogen and oxygen atoms in total. The first kappa shape index (κ1) is 7.25. The molecule has 0 saturated carbocycles. The Labute approximate surface area is 66.3 Å². The number of nitrogens with zero attached hydrogens (tertiary/aromatic N) is 1. The quantitative estimate of drug-likeness (QED) is 0.536. The molecule has 0 spiro atoms. The summed E-state index contributed by atoms with van der Waals surface area (Å²) in [7, 11) is 0. The maximum atomic E-state index is 11.0.